The van der Waals surface area contributed by atoms with E-state index in [0.717, 1.165) is 28.5 Å². The Morgan fingerprint density at radius 1 is 1.03 bits per heavy atom. The van der Waals surface area contributed by atoms with Gasteiger partial charge in [-0.3, -0.25) is 9.36 Å². The largest absolute Gasteiger partial charge is 0.493 e. The number of hydrogen-bond donors (Lipinski definition) is 0. The van der Waals surface area contributed by atoms with Gasteiger partial charge in [0, 0.05) is 6.07 Å². The summed E-state index contributed by atoms with van der Waals surface area (Å²) in [4.78, 5) is 22.3. The van der Waals surface area contributed by atoms with Crippen molar-refractivity contribution in [1.29, 1.82) is 0 Å². The molecule has 5 aromatic rings. The topological polar surface area (TPSA) is 83.0 Å². The number of para-hydroxylation sites is 2. The minimum atomic E-state index is -0.876. The second kappa shape index (κ2) is 9.67. The molecule has 0 bridgehead atoms. The fourth-order valence-electron chi connectivity index (χ4n) is 3.57. The van der Waals surface area contributed by atoms with E-state index < -0.39 is 17.2 Å². The third-order valence-electron chi connectivity index (χ3n) is 5.12. The molecule has 0 unspecified atom stereocenters. The van der Waals surface area contributed by atoms with Crippen molar-refractivity contribution in [2.75, 3.05) is 6.61 Å². The van der Waals surface area contributed by atoms with Crippen LogP contribution in [-0.4, -0.2) is 26.3 Å². The van der Waals surface area contributed by atoms with E-state index in [1.165, 1.54) is 6.07 Å². The quantitative estimate of drug-likeness (QED) is 0.222. The van der Waals surface area contributed by atoms with Crippen LogP contribution in [0.3, 0.4) is 0 Å². The number of ether oxygens (including phenoxy) is 1. The maximum absolute atomic E-state index is 14.7. The van der Waals surface area contributed by atoms with Crippen molar-refractivity contribution in [3.05, 3.63) is 94.6 Å². The van der Waals surface area contributed by atoms with Gasteiger partial charge in [-0.2, -0.15) is 4.98 Å². The first kappa shape index (κ1) is 22.7. The lowest BCUT2D eigenvalue weighted by atomic mass is 10.2. The lowest BCUT2D eigenvalue weighted by Gasteiger charge is -2.13. The Hall–Kier alpha value is -4.05. The first-order valence-electron chi connectivity index (χ1n) is 10.7. The van der Waals surface area contributed by atoms with Crippen LogP contribution in [0.4, 0.5) is 8.78 Å². The second-order valence-corrected chi connectivity index (χ2v) is 8.32. The van der Waals surface area contributed by atoms with Gasteiger partial charge in [-0.1, -0.05) is 41.2 Å². The van der Waals surface area contributed by atoms with Crippen LogP contribution in [0.2, 0.25) is 0 Å². The molecule has 0 aliphatic heterocycles. The number of hydrogen-bond acceptors (Lipinski definition) is 7. The van der Waals surface area contributed by atoms with Crippen LogP contribution in [0.25, 0.3) is 28.0 Å². The molecule has 7 nitrogen and oxygen atoms in total. The minimum absolute atomic E-state index is 0.103. The highest BCUT2D eigenvalue weighted by molar-refractivity contribution is 7.98. The summed E-state index contributed by atoms with van der Waals surface area (Å²) in [7, 11) is 0. The van der Waals surface area contributed by atoms with Gasteiger partial charge in [0.25, 0.3) is 5.56 Å². The van der Waals surface area contributed by atoms with Crippen molar-refractivity contribution in [3.8, 4) is 22.8 Å². The Balaban J connectivity index is 1.51. The average molecular weight is 493 g/mol. The molecule has 0 saturated carbocycles. The molecule has 0 amide bonds. The van der Waals surface area contributed by atoms with Gasteiger partial charge in [0.15, 0.2) is 5.16 Å². The van der Waals surface area contributed by atoms with E-state index in [9.17, 15) is 13.6 Å². The lowest BCUT2D eigenvalue weighted by Crippen LogP contribution is -2.22. The maximum Gasteiger partial charge on any atom is 0.266 e. The minimum Gasteiger partial charge on any atom is -0.493 e. The number of thioether (sulfide) groups is 1. The first-order chi connectivity index (χ1) is 17.0. The van der Waals surface area contributed by atoms with Crippen molar-refractivity contribution in [2.24, 2.45) is 0 Å². The summed E-state index contributed by atoms with van der Waals surface area (Å²) in [5.74, 6) is -0.182. The molecular formula is C25H18F2N4O3S. The van der Waals surface area contributed by atoms with Gasteiger partial charge in [0.2, 0.25) is 11.7 Å². The van der Waals surface area contributed by atoms with Crippen LogP contribution in [0.1, 0.15) is 12.8 Å². The van der Waals surface area contributed by atoms with E-state index in [0.29, 0.717) is 34.6 Å². The molecule has 3 aromatic carbocycles. The number of rotatable bonds is 7. The van der Waals surface area contributed by atoms with E-state index >= 15 is 0 Å². The maximum atomic E-state index is 14.7. The van der Waals surface area contributed by atoms with Gasteiger partial charge in [0.05, 0.1) is 34.5 Å². The van der Waals surface area contributed by atoms with E-state index in [2.05, 4.69) is 15.1 Å². The molecule has 5 rings (SSSR count). The monoisotopic (exact) mass is 492 g/mol. The van der Waals surface area contributed by atoms with Crippen LogP contribution in [0.15, 0.2) is 81.2 Å². The van der Waals surface area contributed by atoms with Crippen molar-refractivity contribution in [2.45, 2.75) is 17.8 Å². The molecular weight excluding hydrogens is 474 g/mol. The fourth-order valence-corrected chi connectivity index (χ4v) is 4.41. The Kier molecular flexibility index (Phi) is 6.28. The highest BCUT2D eigenvalue weighted by atomic mass is 32.2. The summed E-state index contributed by atoms with van der Waals surface area (Å²) in [6, 6.07) is 17.1. The molecule has 0 radical (unpaired) electrons. The normalized spacial score (nSPS) is 11.2. The second-order valence-electron chi connectivity index (χ2n) is 7.38. The molecule has 0 atom stereocenters. The van der Waals surface area contributed by atoms with E-state index in [-0.39, 0.29) is 22.5 Å². The summed E-state index contributed by atoms with van der Waals surface area (Å²) >= 11 is 1.12. The van der Waals surface area contributed by atoms with Crippen molar-refractivity contribution in [3.63, 3.8) is 0 Å². The summed E-state index contributed by atoms with van der Waals surface area (Å²) in [5.41, 5.74) is 0.564. The molecule has 0 aliphatic carbocycles. The molecule has 0 spiro atoms. The zero-order valence-electron chi connectivity index (χ0n) is 18.4. The molecule has 176 valence electrons. The van der Waals surface area contributed by atoms with Gasteiger partial charge >= 0.3 is 0 Å². The van der Waals surface area contributed by atoms with Crippen LogP contribution < -0.4 is 10.3 Å². The third-order valence-corrected chi connectivity index (χ3v) is 6.04. The number of fused-ring (bicyclic) bond motifs is 1. The Morgan fingerprint density at radius 2 is 1.83 bits per heavy atom. The molecule has 10 heteroatoms. The predicted molar refractivity (Wildman–Crippen MR) is 128 cm³/mol. The highest BCUT2D eigenvalue weighted by Gasteiger charge is 2.19. The fraction of sp³-hybridized carbons (Fsp3) is 0.120. The standard InChI is InChI=1S/C25H18F2N4O3S/c1-2-33-21-10-6-4-8-17(21)23-29-22(34-30-23)14-35-25-28-19-9-5-3-7-16(19)24(32)31(25)20-12-11-15(26)13-18(20)27/h3-13H,2,14H2,1H3. The summed E-state index contributed by atoms with van der Waals surface area (Å²) in [6.45, 7) is 2.37. The van der Waals surface area contributed by atoms with Crippen LogP contribution in [0.5, 0.6) is 5.75 Å². The molecule has 2 aromatic heterocycles. The Bertz CT molecular complexity index is 1590. The highest BCUT2D eigenvalue weighted by Crippen LogP contribution is 2.30. The van der Waals surface area contributed by atoms with Crippen LogP contribution in [0, 0.1) is 11.6 Å². The summed E-state index contributed by atoms with van der Waals surface area (Å²) in [6.07, 6.45) is 0. The summed E-state index contributed by atoms with van der Waals surface area (Å²) in [5, 5.41) is 4.56. The van der Waals surface area contributed by atoms with Gasteiger partial charge < -0.3 is 9.26 Å². The van der Waals surface area contributed by atoms with Crippen molar-refractivity contribution < 1.29 is 18.0 Å². The number of halogens is 2. The van der Waals surface area contributed by atoms with E-state index in [1.807, 2.05) is 31.2 Å². The third kappa shape index (κ3) is 4.52. The Labute approximate surface area is 202 Å². The number of aromatic nitrogens is 4. The average Bonchev–Trinajstić information content (AvgIpc) is 3.33. The lowest BCUT2D eigenvalue weighted by molar-refractivity contribution is 0.341. The molecule has 2 heterocycles. The van der Waals surface area contributed by atoms with Crippen LogP contribution >= 0.6 is 11.8 Å². The molecule has 0 saturated heterocycles. The zero-order valence-corrected chi connectivity index (χ0v) is 19.3. The van der Waals surface area contributed by atoms with Crippen LogP contribution in [-0.2, 0) is 5.75 Å². The van der Waals surface area contributed by atoms with Crippen molar-refractivity contribution >= 4 is 22.7 Å². The summed E-state index contributed by atoms with van der Waals surface area (Å²) < 4.78 is 40.3. The van der Waals surface area contributed by atoms with Gasteiger partial charge in [0.1, 0.15) is 17.4 Å². The smallest absolute Gasteiger partial charge is 0.266 e. The SMILES string of the molecule is CCOc1ccccc1-c1noc(CSc2nc3ccccc3c(=O)n2-c2ccc(F)cc2F)n1. The molecule has 0 fully saturated rings. The first-order valence-corrected chi connectivity index (χ1v) is 11.7. The molecule has 35 heavy (non-hydrogen) atoms. The van der Waals surface area contributed by atoms with Gasteiger partial charge in [-0.25, -0.2) is 13.8 Å². The van der Waals surface area contributed by atoms with Gasteiger partial charge in [-0.05, 0) is 43.3 Å². The van der Waals surface area contributed by atoms with Gasteiger partial charge in [-0.15, -0.1) is 0 Å². The number of benzene rings is 3. The predicted octanol–water partition coefficient (Wildman–Crippen LogP) is 5.40. The Morgan fingerprint density at radius 3 is 2.66 bits per heavy atom. The zero-order chi connectivity index (χ0) is 24.4. The van der Waals surface area contributed by atoms with E-state index in [1.54, 1.807) is 24.3 Å². The number of nitrogens with zero attached hydrogens (tertiary/aromatic N) is 4. The van der Waals surface area contributed by atoms with Crippen molar-refractivity contribution in [1.82, 2.24) is 19.7 Å². The molecule has 0 aliphatic rings. The van der Waals surface area contributed by atoms with E-state index in [4.69, 9.17) is 9.26 Å². The molecule has 0 N–H and O–H groups in total.